The van der Waals surface area contributed by atoms with Gasteiger partial charge in [-0.15, -0.1) is 0 Å². The first-order valence-corrected chi connectivity index (χ1v) is 24.2. The molecule has 0 heterocycles. The average molecular weight is 813 g/mol. The molecule has 0 aliphatic rings. The van der Waals surface area contributed by atoms with Crippen molar-refractivity contribution in [2.45, 2.75) is 245 Å². The van der Waals surface area contributed by atoms with Crippen molar-refractivity contribution in [3.63, 3.8) is 0 Å². The van der Waals surface area contributed by atoms with E-state index in [1.54, 1.807) is 0 Å². The lowest BCUT2D eigenvalue weighted by Crippen LogP contribution is -2.40. The Morgan fingerprint density at radius 2 is 0.789 bits per heavy atom. The van der Waals surface area contributed by atoms with E-state index in [9.17, 15) is 19.5 Å². The molecular weight excluding hydrogens is 719 g/mol. The highest BCUT2D eigenvalue weighted by Crippen LogP contribution is 2.17. The maximum absolute atomic E-state index is 12.7. The number of carboxylic acid groups (broad SMARTS) is 1. The number of carbonyl (C=O) groups excluding carboxylic acids is 2. The number of aliphatic carboxylic acids is 1. The van der Waals surface area contributed by atoms with E-state index in [2.05, 4.69) is 13.8 Å². The van der Waals surface area contributed by atoms with Crippen molar-refractivity contribution >= 4 is 17.9 Å². The topological polar surface area (TPSA) is 108 Å². The van der Waals surface area contributed by atoms with Gasteiger partial charge in [-0.3, -0.25) is 9.59 Å². The molecule has 9 nitrogen and oxygen atoms in total. The highest BCUT2D eigenvalue weighted by atomic mass is 16.7. The average Bonchev–Trinajstić information content (AvgIpc) is 3.17. The zero-order chi connectivity index (χ0) is 42.1. The molecular formula is C48H94NO8+. The second-order valence-electron chi connectivity index (χ2n) is 17.8. The fourth-order valence-corrected chi connectivity index (χ4v) is 7.07. The van der Waals surface area contributed by atoms with Crippen molar-refractivity contribution in [3.8, 4) is 0 Å². The molecule has 0 aromatic carbocycles. The first-order valence-electron chi connectivity index (χ1n) is 24.2. The molecule has 0 aliphatic heterocycles. The highest BCUT2D eigenvalue weighted by Gasteiger charge is 2.25. The standard InChI is InChI=1S/C48H93NO8/c1-6-8-10-12-14-15-16-17-18-19-20-21-22-23-24-25-26-27-28-29-30-31-32-33-35-37-39-46(51)57-44(42-55-45(50)38-36-34-13-11-9-7-2)43-56-48(47(52)53)54-41-40-49(3,4)5/h44,48H,6-43H2,1-5H3/p+1. The van der Waals surface area contributed by atoms with Gasteiger partial charge in [-0.25, -0.2) is 4.79 Å². The number of esters is 2. The zero-order valence-electron chi connectivity index (χ0n) is 38.3. The Labute approximate surface area is 352 Å². The maximum atomic E-state index is 12.7. The number of likely N-dealkylation sites (N-methyl/N-ethyl adjacent to an activating group) is 1. The molecule has 0 spiro atoms. The summed E-state index contributed by atoms with van der Waals surface area (Å²) in [4.78, 5) is 36.9. The number of ether oxygens (including phenoxy) is 4. The van der Waals surface area contributed by atoms with Crippen LogP contribution in [0.5, 0.6) is 0 Å². The van der Waals surface area contributed by atoms with Crippen LogP contribution in [-0.4, -0.2) is 87.4 Å². The van der Waals surface area contributed by atoms with Crippen molar-refractivity contribution in [3.05, 3.63) is 0 Å². The number of carbonyl (C=O) groups is 3. The van der Waals surface area contributed by atoms with Gasteiger partial charge in [-0.1, -0.05) is 206 Å². The van der Waals surface area contributed by atoms with Crippen LogP contribution in [0.25, 0.3) is 0 Å². The van der Waals surface area contributed by atoms with Crippen molar-refractivity contribution in [1.82, 2.24) is 0 Å². The van der Waals surface area contributed by atoms with E-state index in [0.29, 0.717) is 17.4 Å². The number of unbranched alkanes of at least 4 members (excludes halogenated alkanes) is 30. The lowest BCUT2D eigenvalue weighted by Gasteiger charge is -2.25. The summed E-state index contributed by atoms with van der Waals surface area (Å²) in [6.45, 7) is 4.84. The number of carboxylic acids is 1. The summed E-state index contributed by atoms with van der Waals surface area (Å²) in [6.07, 6.45) is 39.3. The van der Waals surface area contributed by atoms with E-state index >= 15 is 0 Å². The summed E-state index contributed by atoms with van der Waals surface area (Å²) in [5.74, 6) is -2.00. The molecule has 57 heavy (non-hydrogen) atoms. The minimum atomic E-state index is -1.50. The fourth-order valence-electron chi connectivity index (χ4n) is 7.07. The smallest absolute Gasteiger partial charge is 0.361 e. The highest BCUT2D eigenvalue weighted by molar-refractivity contribution is 5.71. The summed E-state index contributed by atoms with van der Waals surface area (Å²) < 4.78 is 22.6. The molecule has 9 heteroatoms. The van der Waals surface area contributed by atoms with E-state index < -0.39 is 24.3 Å². The normalized spacial score (nSPS) is 12.8. The molecule has 0 saturated heterocycles. The lowest BCUT2D eigenvalue weighted by atomic mass is 10.0. The number of quaternary nitrogens is 1. The quantitative estimate of drug-likeness (QED) is 0.0280. The van der Waals surface area contributed by atoms with Gasteiger partial charge in [0.1, 0.15) is 13.2 Å². The molecule has 2 unspecified atom stereocenters. The van der Waals surface area contributed by atoms with Crippen LogP contribution in [0.2, 0.25) is 0 Å². The van der Waals surface area contributed by atoms with E-state index in [1.807, 2.05) is 21.1 Å². The lowest BCUT2D eigenvalue weighted by molar-refractivity contribution is -0.870. The second-order valence-corrected chi connectivity index (χ2v) is 17.8. The molecule has 0 bridgehead atoms. The molecule has 0 radical (unpaired) electrons. The maximum Gasteiger partial charge on any atom is 0.361 e. The van der Waals surface area contributed by atoms with E-state index in [1.165, 1.54) is 167 Å². The van der Waals surface area contributed by atoms with Crippen molar-refractivity contribution in [2.75, 3.05) is 47.5 Å². The van der Waals surface area contributed by atoms with Crippen LogP contribution in [0.15, 0.2) is 0 Å². The van der Waals surface area contributed by atoms with Crippen LogP contribution in [0, 0.1) is 0 Å². The van der Waals surface area contributed by atoms with Gasteiger partial charge in [-0.2, -0.15) is 0 Å². The number of nitrogens with zero attached hydrogens (tertiary/aromatic N) is 1. The Balaban J connectivity index is 4.04. The van der Waals surface area contributed by atoms with E-state index in [4.69, 9.17) is 18.9 Å². The molecule has 0 aromatic heterocycles. The number of hydrogen-bond donors (Lipinski definition) is 1. The molecule has 0 saturated carbocycles. The largest absolute Gasteiger partial charge is 0.477 e. The Bertz CT molecular complexity index is 907. The SMILES string of the molecule is CCCCCCCCCCCCCCCCCCCCCCCCCCCCC(=O)OC(COC(=O)CCCCCCCC)COC(OCC[N+](C)(C)C)C(=O)O. The van der Waals surface area contributed by atoms with Gasteiger partial charge in [0.15, 0.2) is 6.10 Å². The Kier molecular flexibility index (Phi) is 39.8. The minimum absolute atomic E-state index is 0.175. The van der Waals surface area contributed by atoms with Gasteiger partial charge in [0.05, 0.1) is 34.4 Å². The van der Waals surface area contributed by atoms with E-state index in [-0.39, 0.29) is 32.2 Å². The molecule has 0 amide bonds. The Hall–Kier alpha value is -1.71. The predicted octanol–water partition coefficient (Wildman–Crippen LogP) is 12.9. The third kappa shape index (κ3) is 42.2. The summed E-state index contributed by atoms with van der Waals surface area (Å²) >= 11 is 0. The van der Waals surface area contributed by atoms with Crippen LogP contribution >= 0.6 is 0 Å². The summed E-state index contributed by atoms with van der Waals surface area (Å²) in [5, 5.41) is 9.60. The molecule has 0 rings (SSSR count). The van der Waals surface area contributed by atoms with Crippen LogP contribution in [0.4, 0.5) is 0 Å². The fraction of sp³-hybridized carbons (Fsp3) is 0.938. The van der Waals surface area contributed by atoms with Gasteiger partial charge >= 0.3 is 17.9 Å². The van der Waals surface area contributed by atoms with Gasteiger partial charge < -0.3 is 28.5 Å². The third-order valence-electron chi connectivity index (χ3n) is 10.9. The van der Waals surface area contributed by atoms with Crippen LogP contribution in [0.3, 0.4) is 0 Å². The van der Waals surface area contributed by atoms with Gasteiger partial charge in [0, 0.05) is 12.8 Å². The first-order chi connectivity index (χ1) is 27.6. The second kappa shape index (κ2) is 41.0. The van der Waals surface area contributed by atoms with Gasteiger partial charge in [0.25, 0.3) is 6.29 Å². The van der Waals surface area contributed by atoms with Gasteiger partial charge in [0.2, 0.25) is 0 Å². The van der Waals surface area contributed by atoms with Crippen LogP contribution < -0.4 is 0 Å². The molecule has 0 aliphatic carbocycles. The monoisotopic (exact) mass is 813 g/mol. The van der Waals surface area contributed by atoms with Crippen LogP contribution in [0.1, 0.15) is 232 Å². The van der Waals surface area contributed by atoms with Crippen LogP contribution in [-0.2, 0) is 33.3 Å². The van der Waals surface area contributed by atoms with E-state index in [0.717, 1.165) is 38.5 Å². The molecule has 1 N–H and O–H groups in total. The zero-order valence-corrected chi connectivity index (χ0v) is 38.3. The Morgan fingerprint density at radius 3 is 1.12 bits per heavy atom. The summed E-state index contributed by atoms with van der Waals surface area (Å²) in [7, 11) is 5.96. The van der Waals surface area contributed by atoms with Crippen molar-refractivity contribution < 1.29 is 42.9 Å². The summed E-state index contributed by atoms with van der Waals surface area (Å²) in [6, 6.07) is 0. The molecule has 0 fully saturated rings. The first kappa shape index (κ1) is 55.3. The molecule has 0 aromatic rings. The predicted molar refractivity (Wildman–Crippen MR) is 235 cm³/mol. The number of rotatable bonds is 45. The number of hydrogen-bond acceptors (Lipinski definition) is 7. The van der Waals surface area contributed by atoms with Gasteiger partial charge in [-0.05, 0) is 12.8 Å². The third-order valence-corrected chi connectivity index (χ3v) is 10.9. The van der Waals surface area contributed by atoms with Crippen molar-refractivity contribution in [2.24, 2.45) is 0 Å². The summed E-state index contributed by atoms with van der Waals surface area (Å²) in [5.41, 5.74) is 0. The Morgan fingerprint density at radius 1 is 0.456 bits per heavy atom. The minimum Gasteiger partial charge on any atom is -0.477 e. The molecule has 338 valence electrons. The van der Waals surface area contributed by atoms with Crippen molar-refractivity contribution in [1.29, 1.82) is 0 Å². The molecule has 2 atom stereocenters.